The molecule has 0 spiro atoms. The lowest BCUT2D eigenvalue weighted by molar-refractivity contribution is -0.121. The largest absolute Gasteiger partial charge is 0.306 e. The van der Waals surface area contributed by atoms with Crippen LogP contribution in [0.3, 0.4) is 0 Å². The molecule has 0 fully saturated rings. The molecule has 0 heterocycles. The Balaban J connectivity index is 3.43. The lowest BCUT2D eigenvalue weighted by Gasteiger charge is -2.17. The van der Waals surface area contributed by atoms with Crippen molar-refractivity contribution >= 4 is 5.91 Å². The molecule has 12 heavy (non-hydrogen) atoms. The van der Waals surface area contributed by atoms with Gasteiger partial charge in [0.05, 0.1) is 0 Å². The SMILES string of the molecule is CC(C)CN(C)CCC(=O)NN. The molecule has 3 N–H and O–H groups in total. The smallest absolute Gasteiger partial charge is 0.235 e. The molecule has 4 nitrogen and oxygen atoms in total. The maximum Gasteiger partial charge on any atom is 0.235 e. The Morgan fingerprint density at radius 3 is 2.58 bits per heavy atom. The van der Waals surface area contributed by atoms with Gasteiger partial charge in [0.15, 0.2) is 0 Å². The van der Waals surface area contributed by atoms with Gasteiger partial charge in [-0.15, -0.1) is 0 Å². The zero-order valence-corrected chi connectivity index (χ0v) is 8.13. The van der Waals surface area contributed by atoms with Gasteiger partial charge in [-0.25, -0.2) is 5.84 Å². The van der Waals surface area contributed by atoms with Gasteiger partial charge in [-0.05, 0) is 13.0 Å². The highest BCUT2D eigenvalue weighted by Crippen LogP contribution is 1.96. The van der Waals surface area contributed by atoms with Crippen LogP contribution >= 0.6 is 0 Å². The van der Waals surface area contributed by atoms with Gasteiger partial charge in [-0.1, -0.05) is 13.8 Å². The molecule has 0 aliphatic rings. The van der Waals surface area contributed by atoms with Crippen molar-refractivity contribution in [1.29, 1.82) is 0 Å². The number of hydrogen-bond acceptors (Lipinski definition) is 3. The Hall–Kier alpha value is -0.610. The fourth-order valence-electron chi connectivity index (χ4n) is 1.08. The number of rotatable bonds is 5. The Labute approximate surface area is 74.1 Å². The lowest BCUT2D eigenvalue weighted by atomic mass is 10.2. The quantitative estimate of drug-likeness (QED) is 0.348. The molecule has 0 saturated heterocycles. The Morgan fingerprint density at radius 2 is 2.17 bits per heavy atom. The molecule has 0 bridgehead atoms. The summed E-state index contributed by atoms with van der Waals surface area (Å²) in [5, 5.41) is 0. The molecule has 1 amide bonds. The first kappa shape index (κ1) is 11.4. The molecule has 0 aromatic carbocycles. The first-order chi connectivity index (χ1) is 5.56. The molecule has 0 aliphatic carbocycles. The molecule has 0 aromatic rings. The van der Waals surface area contributed by atoms with Crippen molar-refractivity contribution in [2.24, 2.45) is 11.8 Å². The summed E-state index contributed by atoms with van der Waals surface area (Å²) in [6, 6.07) is 0. The minimum atomic E-state index is -0.106. The molecule has 0 aliphatic heterocycles. The van der Waals surface area contributed by atoms with Crippen molar-refractivity contribution in [3.8, 4) is 0 Å². The third-order valence-electron chi connectivity index (χ3n) is 1.56. The van der Waals surface area contributed by atoms with Crippen LogP contribution in [0.2, 0.25) is 0 Å². The lowest BCUT2D eigenvalue weighted by Crippen LogP contribution is -2.34. The molecule has 4 heteroatoms. The van der Waals surface area contributed by atoms with Gasteiger partial charge in [0.2, 0.25) is 5.91 Å². The number of nitrogens with one attached hydrogen (secondary N) is 1. The highest BCUT2D eigenvalue weighted by Gasteiger charge is 2.03. The topological polar surface area (TPSA) is 58.4 Å². The van der Waals surface area contributed by atoms with Crippen LogP contribution in [0.15, 0.2) is 0 Å². The highest BCUT2D eigenvalue weighted by molar-refractivity contribution is 5.75. The first-order valence-corrected chi connectivity index (χ1v) is 4.24. The maximum absolute atomic E-state index is 10.7. The van der Waals surface area contributed by atoms with E-state index in [9.17, 15) is 4.79 Å². The van der Waals surface area contributed by atoms with Crippen LogP contribution in [0.1, 0.15) is 20.3 Å². The molecular weight excluding hydrogens is 154 g/mol. The van der Waals surface area contributed by atoms with E-state index in [1.165, 1.54) is 0 Å². The van der Waals surface area contributed by atoms with Gasteiger partial charge in [0.25, 0.3) is 0 Å². The molecule has 0 saturated carbocycles. The van der Waals surface area contributed by atoms with Gasteiger partial charge in [0.1, 0.15) is 0 Å². The van der Waals surface area contributed by atoms with E-state index in [0.717, 1.165) is 13.1 Å². The third-order valence-corrected chi connectivity index (χ3v) is 1.56. The third kappa shape index (κ3) is 6.12. The molecule has 72 valence electrons. The minimum absolute atomic E-state index is 0.106. The van der Waals surface area contributed by atoms with Gasteiger partial charge in [0, 0.05) is 19.5 Å². The first-order valence-electron chi connectivity index (χ1n) is 4.24. The Bertz CT molecular complexity index is 136. The van der Waals surface area contributed by atoms with Crippen LogP contribution in [0, 0.1) is 5.92 Å². The van der Waals surface area contributed by atoms with E-state index in [-0.39, 0.29) is 5.91 Å². The predicted molar refractivity (Wildman–Crippen MR) is 49.3 cm³/mol. The predicted octanol–water partition coefficient (Wildman–Crippen LogP) is -0.0458. The van der Waals surface area contributed by atoms with Crippen LogP contribution in [-0.2, 0) is 4.79 Å². The van der Waals surface area contributed by atoms with Gasteiger partial charge < -0.3 is 4.90 Å². The highest BCUT2D eigenvalue weighted by atomic mass is 16.2. The number of hydrazine groups is 1. The van der Waals surface area contributed by atoms with E-state index < -0.39 is 0 Å². The summed E-state index contributed by atoms with van der Waals surface area (Å²) < 4.78 is 0. The molecule has 0 aromatic heterocycles. The molecular formula is C8H19N3O. The van der Waals surface area contributed by atoms with E-state index >= 15 is 0 Å². The standard InChI is InChI=1S/C8H19N3O/c1-7(2)6-11(3)5-4-8(12)10-9/h7H,4-6,9H2,1-3H3,(H,10,12). The zero-order valence-electron chi connectivity index (χ0n) is 8.13. The number of hydrogen-bond donors (Lipinski definition) is 2. The number of carbonyl (C=O) groups excluding carboxylic acids is 1. The van der Waals surface area contributed by atoms with E-state index in [1.54, 1.807) is 0 Å². The second-order valence-electron chi connectivity index (χ2n) is 3.47. The number of nitrogens with zero attached hydrogens (tertiary/aromatic N) is 1. The van der Waals surface area contributed by atoms with Crippen molar-refractivity contribution in [3.05, 3.63) is 0 Å². The van der Waals surface area contributed by atoms with Crippen molar-refractivity contribution in [2.45, 2.75) is 20.3 Å². The number of carbonyl (C=O) groups is 1. The van der Waals surface area contributed by atoms with Crippen molar-refractivity contribution in [2.75, 3.05) is 20.1 Å². The van der Waals surface area contributed by atoms with E-state index in [4.69, 9.17) is 5.84 Å². The number of nitrogens with two attached hydrogens (primary N) is 1. The molecule has 0 rings (SSSR count). The van der Waals surface area contributed by atoms with Gasteiger partial charge in [-0.3, -0.25) is 10.2 Å². The molecule has 0 unspecified atom stereocenters. The van der Waals surface area contributed by atoms with Crippen LogP contribution in [0.4, 0.5) is 0 Å². The van der Waals surface area contributed by atoms with E-state index in [2.05, 4.69) is 24.2 Å². The van der Waals surface area contributed by atoms with Crippen LogP contribution in [0.25, 0.3) is 0 Å². The molecule has 0 atom stereocenters. The zero-order chi connectivity index (χ0) is 9.56. The van der Waals surface area contributed by atoms with Gasteiger partial charge in [-0.2, -0.15) is 0 Å². The Morgan fingerprint density at radius 1 is 1.58 bits per heavy atom. The summed E-state index contributed by atoms with van der Waals surface area (Å²) >= 11 is 0. The van der Waals surface area contributed by atoms with Crippen LogP contribution in [-0.4, -0.2) is 30.9 Å². The van der Waals surface area contributed by atoms with Crippen molar-refractivity contribution < 1.29 is 4.79 Å². The monoisotopic (exact) mass is 173 g/mol. The number of amides is 1. The van der Waals surface area contributed by atoms with Crippen LogP contribution < -0.4 is 11.3 Å². The average molecular weight is 173 g/mol. The average Bonchev–Trinajstić information content (AvgIpc) is 1.99. The summed E-state index contributed by atoms with van der Waals surface area (Å²) in [7, 11) is 2.00. The van der Waals surface area contributed by atoms with Crippen LogP contribution in [0.5, 0.6) is 0 Å². The summed E-state index contributed by atoms with van der Waals surface area (Å²) in [6.45, 7) is 6.08. The summed E-state index contributed by atoms with van der Waals surface area (Å²) in [5.74, 6) is 5.47. The maximum atomic E-state index is 10.7. The van der Waals surface area contributed by atoms with E-state index in [1.807, 2.05) is 7.05 Å². The second-order valence-corrected chi connectivity index (χ2v) is 3.47. The van der Waals surface area contributed by atoms with Crippen molar-refractivity contribution in [1.82, 2.24) is 10.3 Å². The fraction of sp³-hybridized carbons (Fsp3) is 0.875. The summed E-state index contributed by atoms with van der Waals surface area (Å²) in [5.41, 5.74) is 2.11. The molecule has 0 radical (unpaired) electrons. The van der Waals surface area contributed by atoms with E-state index in [0.29, 0.717) is 12.3 Å². The van der Waals surface area contributed by atoms with Crippen molar-refractivity contribution in [3.63, 3.8) is 0 Å². The second kappa shape index (κ2) is 5.97. The Kier molecular flexibility index (Phi) is 5.66. The van der Waals surface area contributed by atoms with Gasteiger partial charge >= 0.3 is 0 Å². The summed E-state index contributed by atoms with van der Waals surface area (Å²) in [6.07, 6.45) is 0.472. The normalized spacial score (nSPS) is 10.8. The summed E-state index contributed by atoms with van der Waals surface area (Å²) in [4.78, 5) is 12.9. The fourth-order valence-corrected chi connectivity index (χ4v) is 1.08. The minimum Gasteiger partial charge on any atom is -0.306 e.